The number of ether oxygens (including phenoxy) is 1. The van der Waals surface area contributed by atoms with Crippen molar-refractivity contribution in [3.8, 4) is 0 Å². The van der Waals surface area contributed by atoms with Gasteiger partial charge < -0.3 is 25.3 Å². The van der Waals surface area contributed by atoms with Crippen LogP contribution in [-0.4, -0.2) is 55.1 Å². The van der Waals surface area contributed by atoms with Crippen molar-refractivity contribution in [2.45, 2.75) is 6.54 Å². The van der Waals surface area contributed by atoms with E-state index in [2.05, 4.69) is 5.32 Å². The number of aromatic nitrogens is 1. The Balaban J connectivity index is 2.53. The van der Waals surface area contributed by atoms with Crippen LogP contribution in [0.4, 0.5) is 5.69 Å². The molecule has 1 heterocycles. The number of nitrogens with one attached hydrogen (secondary N) is 1. The molecule has 1 rings (SSSR count). The molecular weight excluding hydrogens is 276 g/mol. The van der Waals surface area contributed by atoms with Gasteiger partial charge in [-0.1, -0.05) is 0 Å². The second-order valence-corrected chi connectivity index (χ2v) is 4.52. The maximum Gasteiger partial charge on any atom is 0.251 e. The average Bonchev–Trinajstić information content (AvgIpc) is 2.43. The number of carbonyl (C=O) groups excluding carboxylic acids is 2. The normalized spacial score (nSPS) is 10.2. The molecule has 2 amide bonds. The zero-order valence-corrected chi connectivity index (χ0v) is 12.2. The molecule has 0 unspecified atom stereocenters. The summed E-state index contributed by atoms with van der Waals surface area (Å²) in [5, 5.41) is 2.61. The Kier molecular flexibility index (Phi) is 6.41. The van der Waals surface area contributed by atoms with E-state index < -0.39 is 0 Å². The summed E-state index contributed by atoms with van der Waals surface area (Å²) in [4.78, 5) is 36.3. The SMILES string of the molecule is COCCNC(=O)CN(C)C(=O)Cn1cc(N)ccc1=O. The first-order chi connectivity index (χ1) is 9.93. The molecule has 0 spiro atoms. The van der Waals surface area contributed by atoms with Gasteiger partial charge >= 0.3 is 0 Å². The minimum absolute atomic E-state index is 0.0837. The highest BCUT2D eigenvalue weighted by Gasteiger charge is 2.13. The molecule has 0 atom stereocenters. The van der Waals surface area contributed by atoms with Crippen LogP contribution in [0.5, 0.6) is 0 Å². The highest BCUT2D eigenvalue weighted by Crippen LogP contribution is 1.97. The first-order valence-electron chi connectivity index (χ1n) is 6.39. The molecule has 0 bridgehead atoms. The molecule has 0 aliphatic carbocycles. The van der Waals surface area contributed by atoms with Crippen LogP contribution >= 0.6 is 0 Å². The maximum atomic E-state index is 12.0. The quantitative estimate of drug-likeness (QED) is 0.605. The Labute approximate surface area is 122 Å². The summed E-state index contributed by atoms with van der Waals surface area (Å²) in [5.41, 5.74) is 5.63. The molecule has 0 saturated heterocycles. The van der Waals surface area contributed by atoms with Crippen LogP contribution in [-0.2, 0) is 20.9 Å². The van der Waals surface area contributed by atoms with Crippen molar-refractivity contribution < 1.29 is 14.3 Å². The van der Waals surface area contributed by atoms with Gasteiger partial charge in [0.25, 0.3) is 5.56 Å². The Morgan fingerprint density at radius 2 is 2.14 bits per heavy atom. The lowest BCUT2D eigenvalue weighted by Crippen LogP contribution is -2.41. The fraction of sp³-hybridized carbons (Fsp3) is 0.462. The molecule has 116 valence electrons. The molecule has 1 aromatic heterocycles. The van der Waals surface area contributed by atoms with Crippen molar-refractivity contribution in [1.82, 2.24) is 14.8 Å². The minimum Gasteiger partial charge on any atom is -0.398 e. The van der Waals surface area contributed by atoms with Crippen LogP contribution in [0.3, 0.4) is 0 Å². The van der Waals surface area contributed by atoms with E-state index in [1.165, 1.54) is 42.0 Å². The monoisotopic (exact) mass is 296 g/mol. The summed E-state index contributed by atoms with van der Waals surface area (Å²) in [6, 6.07) is 2.76. The number of methoxy groups -OCH3 is 1. The number of pyridine rings is 1. The van der Waals surface area contributed by atoms with E-state index in [9.17, 15) is 14.4 Å². The Morgan fingerprint density at radius 1 is 1.43 bits per heavy atom. The highest BCUT2D eigenvalue weighted by molar-refractivity contribution is 5.84. The molecule has 8 heteroatoms. The predicted molar refractivity (Wildman–Crippen MR) is 77.6 cm³/mol. The van der Waals surface area contributed by atoms with Crippen molar-refractivity contribution in [1.29, 1.82) is 0 Å². The van der Waals surface area contributed by atoms with Gasteiger partial charge in [-0.25, -0.2) is 0 Å². The van der Waals surface area contributed by atoms with Gasteiger partial charge in [0.2, 0.25) is 11.8 Å². The van der Waals surface area contributed by atoms with Crippen molar-refractivity contribution in [3.05, 3.63) is 28.7 Å². The molecule has 21 heavy (non-hydrogen) atoms. The number of carbonyl (C=O) groups is 2. The van der Waals surface area contributed by atoms with Gasteiger partial charge in [0.1, 0.15) is 6.54 Å². The number of rotatable bonds is 7. The van der Waals surface area contributed by atoms with Crippen LogP contribution in [0, 0.1) is 0 Å². The highest BCUT2D eigenvalue weighted by atomic mass is 16.5. The number of nitrogens with two attached hydrogens (primary N) is 1. The van der Waals surface area contributed by atoms with Gasteiger partial charge in [-0.3, -0.25) is 14.4 Å². The number of hydrogen-bond acceptors (Lipinski definition) is 5. The molecular formula is C13H20N4O4. The summed E-state index contributed by atoms with van der Waals surface area (Å²) in [5.74, 6) is -0.646. The molecule has 0 radical (unpaired) electrons. The molecule has 0 fully saturated rings. The van der Waals surface area contributed by atoms with Crippen LogP contribution in [0.2, 0.25) is 0 Å². The first kappa shape index (κ1) is 16.7. The van der Waals surface area contributed by atoms with Crippen LogP contribution in [0.25, 0.3) is 0 Å². The van der Waals surface area contributed by atoms with Gasteiger partial charge in [-0.05, 0) is 6.07 Å². The third kappa shape index (κ3) is 5.65. The molecule has 0 saturated carbocycles. The smallest absolute Gasteiger partial charge is 0.251 e. The van der Waals surface area contributed by atoms with E-state index in [0.29, 0.717) is 18.8 Å². The third-order valence-electron chi connectivity index (χ3n) is 2.75. The molecule has 8 nitrogen and oxygen atoms in total. The first-order valence-corrected chi connectivity index (χ1v) is 6.39. The lowest BCUT2D eigenvalue weighted by Gasteiger charge is -2.17. The number of amides is 2. The zero-order chi connectivity index (χ0) is 15.8. The predicted octanol–water partition coefficient (Wildman–Crippen LogP) is -1.35. The van der Waals surface area contributed by atoms with Gasteiger partial charge in [0.15, 0.2) is 0 Å². The number of hydrogen-bond donors (Lipinski definition) is 2. The standard InChI is InChI=1S/C13H20N4O4/c1-16(8-11(18)15-5-6-21-2)13(20)9-17-7-10(14)3-4-12(17)19/h3-4,7H,5-6,8-9,14H2,1-2H3,(H,15,18). The van der Waals surface area contributed by atoms with Crippen molar-refractivity contribution in [2.24, 2.45) is 0 Å². The number of nitrogen functional groups attached to an aromatic ring is 1. The lowest BCUT2D eigenvalue weighted by molar-refractivity contribution is -0.135. The largest absolute Gasteiger partial charge is 0.398 e. The lowest BCUT2D eigenvalue weighted by atomic mass is 10.4. The second-order valence-electron chi connectivity index (χ2n) is 4.52. The topological polar surface area (TPSA) is 107 Å². The van der Waals surface area contributed by atoms with E-state index in [4.69, 9.17) is 10.5 Å². The fourth-order valence-electron chi connectivity index (χ4n) is 1.59. The summed E-state index contributed by atoms with van der Waals surface area (Å²) in [6.45, 7) is 0.541. The Bertz CT molecular complexity index is 555. The molecule has 0 aliphatic rings. The van der Waals surface area contributed by atoms with Crippen molar-refractivity contribution in [3.63, 3.8) is 0 Å². The second kappa shape index (κ2) is 8.05. The van der Waals surface area contributed by atoms with E-state index in [1.807, 2.05) is 0 Å². The summed E-state index contributed by atoms with van der Waals surface area (Å²) in [6.07, 6.45) is 1.40. The number of anilines is 1. The average molecular weight is 296 g/mol. The Morgan fingerprint density at radius 3 is 2.81 bits per heavy atom. The van der Waals surface area contributed by atoms with Gasteiger partial charge in [0.05, 0.1) is 13.2 Å². The van der Waals surface area contributed by atoms with Crippen LogP contribution < -0.4 is 16.6 Å². The van der Waals surface area contributed by atoms with Gasteiger partial charge in [-0.15, -0.1) is 0 Å². The zero-order valence-electron chi connectivity index (χ0n) is 12.2. The van der Waals surface area contributed by atoms with E-state index >= 15 is 0 Å². The van der Waals surface area contributed by atoms with Crippen molar-refractivity contribution >= 4 is 17.5 Å². The van der Waals surface area contributed by atoms with E-state index in [0.717, 1.165) is 0 Å². The molecule has 0 aliphatic heterocycles. The van der Waals surface area contributed by atoms with E-state index in [1.54, 1.807) is 0 Å². The van der Waals surface area contributed by atoms with E-state index in [-0.39, 0.29) is 30.5 Å². The Hall–Kier alpha value is -2.35. The van der Waals surface area contributed by atoms with Crippen LogP contribution in [0.15, 0.2) is 23.1 Å². The summed E-state index contributed by atoms with van der Waals surface area (Å²) < 4.78 is 6.01. The number of nitrogens with zero attached hydrogens (tertiary/aromatic N) is 2. The fourth-order valence-corrected chi connectivity index (χ4v) is 1.59. The third-order valence-corrected chi connectivity index (χ3v) is 2.75. The van der Waals surface area contributed by atoms with Crippen molar-refractivity contribution in [2.75, 3.05) is 39.6 Å². The van der Waals surface area contributed by atoms with Gasteiger partial charge in [-0.2, -0.15) is 0 Å². The molecule has 1 aromatic rings. The molecule has 0 aromatic carbocycles. The summed E-state index contributed by atoms with van der Waals surface area (Å²) in [7, 11) is 3.03. The maximum absolute atomic E-state index is 12.0. The molecule has 3 N–H and O–H groups in total. The minimum atomic E-state index is -0.357. The number of likely N-dealkylation sites (N-methyl/N-ethyl adjacent to an activating group) is 1. The van der Waals surface area contributed by atoms with Crippen LogP contribution in [0.1, 0.15) is 0 Å². The summed E-state index contributed by atoms with van der Waals surface area (Å²) >= 11 is 0. The van der Waals surface area contributed by atoms with Gasteiger partial charge in [0, 0.05) is 38.7 Å².